The van der Waals surface area contributed by atoms with Gasteiger partial charge >= 0.3 is 0 Å². The molecule has 1 aromatic carbocycles. The number of hydrogen-bond acceptors (Lipinski definition) is 3. The van der Waals surface area contributed by atoms with Crippen molar-refractivity contribution in [3.05, 3.63) is 28.8 Å². The van der Waals surface area contributed by atoms with E-state index in [1.807, 2.05) is 0 Å². The average Bonchev–Trinajstić information content (AvgIpc) is 2.25. The van der Waals surface area contributed by atoms with Crippen molar-refractivity contribution in [2.75, 3.05) is 13.7 Å². The molecule has 0 unspecified atom stereocenters. The third kappa shape index (κ3) is 2.97. The highest BCUT2D eigenvalue weighted by molar-refractivity contribution is 5.45. The van der Waals surface area contributed by atoms with E-state index in [2.05, 4.69) is 37.7 Å². The first kappa shape index (κ1) is 13.0. The summed E-state index contributed by atoms with van der Waals surface area (Å²) in [5.74, 6) is 6.49. The molecule has 1 aromatic rings. The maximum absolute atomic E-state index is 5.44. The molecule has 0 atom stereocenters. The van der Waals surface area contributed by atoms with Crippen molar-refractivity contribution in [3.8, 4) is 5.75 Å². The van der Waals surface area contributed by atoms with Crippen LogP contribution in [0.15, 0.2) is 12.1 Å². The zero-order chi connectivity index (χ0) is 12.1. The molecule has 90 valence electrons. The number of hydrogen-bond donors (Lipinski definition) is 1. The van der Waals surface area contributed by atoms with E-state index in [0.29, 0.717) is 12.5 Å². The monoisotopic (exact) mass is 223 g/mol. The Labute approximate surface area is 97.5 Å². The predicted octanol–water partition coefficient (Wildman–Crippen LogP) is 2.56. The maximum Gasteiger partial charge on any atom is 0.125 e. The molecule has 0 aromatic heterocycles. The van der Waals surface area contributed by atoms with Gasteiger partial charge in [-0.3, -0.25) is 0 Å². The topological polar surface area (TPSA) is 44.5 Å². The van der Waals surface area contributed by atoms with Crippen LogP contribution in [0.25, 0.3) is 0 Å². The lowest BCUT2D eigenvalue weighted by molar-refractivity contribution is 0.141. The van der Waals surface area contributed by atoms with Crippen molar-refractivity contribution in [1.29, 1.82) is 0 Å². The largest absolute Gasteiger partial charge is 0.496 e. The quantitative estimate of drug-likeness (QED) is 0.780. The van der Waals surface area contributed by atoms with E-state index < -0.39 is 0 Å². The van der Waals surface area contributed by atoms with Crippen LogP contribution < -0.4 is 10.6 Å². The van der Waals surface area contributed by atoms with Gasteiger partial charge < -0.3 is 9.57 Å². The number of rotatable bonds is 5. The van der Waals surface area contributed by atoms with Gasteiger partial charge in [0.05, 0.1) is 13.7 Å². The molecule has 0 saturated carbocycles. The standard InChI is InChI=1S/C13H21NO2/c1-9(2)12-8-11(5-6-16-14)7-10(3)13(12)15-4/h7-9H,5-6,14H2,1-4H3. The number of nitrogens with two attached hydrogens (primary N) is 1. The van der Waals surface area contributed by atoms with Crippen molar-refractivity contribution >= 4 is 0 Å². The fourth-order valence-electron chi connectivity index (χ4n) is 1.91. The van der Waals surface area contributed by atoms with E-state index in [0.717, 1.165) is 12.2 Å². The smallest absolute Gasteiger partial charge is 0.125 e. The van der Waals surface area contributed by atoms with Crippen LogP contribution in [0.3, 0.4) is 0 Å². The Hall–Kier alpha value is -1.06. The van der Waals surface area contributed by atoms with E-state index in [1.165, 1.54) is 16.7 Å². The summed E-state index contributed by atoms with van der Waals surface area (Å²) in [7, 11) is 1.72. The summed E-state index contributed by atoms with van der Waals surface area (Å²) in [6.45, 7) is 6.95. The molecule has 0 aliphatic rings. The number of methoxy groups -OCH3 is 1. The highest BCUT2D eigenvalue weighted by Crippen LogP contribution is 2.31. The fraction of sp³-hybridized carbons (Fsp3) is 0.538. The van der Waals surface area contributed by atoms with Gasteiger partial charge in [-0.1, -0.05) is 26.0 Å². The summed E-state index contributed by atoms with van der Waals surface area (Å²) in [6, 6.07) is 4.30. The second-order valence-corrected chi connectivity index (χ2v) is 4.31. The molecule has 16 heavy (non-hydrogen) atoms. The molecule has 3 nitrogen and oxygen atoms in total. The first-order valence-electron chi connectivity index (χ1n) is 5.59. The molecule has 0 spiro atoms. The van der Waals surface area contributed by atoms with Gasteiger partial charge in [0, 0.05) is 0 Å². The van der Waals surface area contributed by atoms with E-state index in [-0.39, 0.29) is 0 Å². The molecule has 0 amide bonds. The number of ether oxygens (including phenoxy) is 1. The lowest BCUT2D eigenvalue weighted by Gasteiger charge is -2.16. The minimum Gasteiger partial charge on any atom is -0.496 e. The van der Waals surface area contributed by atoms with E-state index >= 15 is 0 Å². The minimum atomic E-state index is 0.451. The second kappa shape index (κ2) is 5.87. The highest BCUT2D eigenvalue weighted by Gasteiger charge is 2.11. The number of benzene rings is 1. The zero-order valence-electron chi connectivity index (χ0n) is 10.5. The third-order valence-electron chi connectivity index (χ3n) is 2.70. The Morgan fingerprint density at radius 2 is 2.00 bits per heavy atom. The van der Waals surface area contributed by atoms with E-state index in [4.69, 9.17) is 10.6 Å². The summed E-state index contributed by atoms with van der Waals surface area (Å²) < 4.78 is 5.44. The van der Waals surface area contributed by atoms with Crippen molar-refractivity contribution in [1.82, 2.24) is 0 Å². The van der Waals surface area contributed by atoms with Gasteiger partial charge in [-0.15, -0.1) is 0 Å². The summed E-state index contributed by atoms with van der Waals surface area (Å²) in [4.78, 5) is 4.61. The van der Waals surface area contributed by atoms with E-state index in [9.17, 15) is 0 Å². The molecule has 0 saturated heterocycles. The maximum atomic E-state index is 5.44. The molecule has 0 heterocycles. The van der Waals surface area contributed by atoms with Crippen molar-refractivity contribution < 1.29 is 9.57 Å². The van der Waals surface area contributed by atoms with Gasteiger partial charge in [0.15, 0.2) is 0 Å². The molecule has 0 aliphatic heterocycles. The molecule has 0 fully saturated rings. The van der Waals surface area contributed by atoms with Crippen LogP contribution in [0.5, 0.6) is 5.75 Å². The Bertz CT molecular complexity index is 348. The van der Waals surface area contributed by atoms with Gasteiger partial charge in [-0.05, 0) is 36.0 Å². The highest BCUT2D eigenvalue weighted by atomic mass is 16.6. The average molecular weight is 223 g/mol. The van der Waals surface area contributed by atoms with Crippen LogP contribution in [0, 0.1) is 6.92 Å². The van der Waals surface area contributed by atoms with Crippen LogP contribution in [0.2, 0.25) is 0 Å². The molecule has 3 heteroatoms. The van der Waals surface area contributed by atoms with Crippen LogP contribution in [-0.4, -0.2) is 13.7 Å². The Balaban J connectivity index is 3.07. The molecule has 0 radical (unpaired) electrons. The SMILES string of the molecule is COc1c(C)cc(CCON)cc1C(C)C. The molecule has 2 N–H and O–H groups in total. The van der Waals surface area contributed by atoms with Crippen LogP contribution >= 0.6 is 0 Å². The van der Waals surface area contributed by atoms with Crippen LogP contribution in [0.1, 0.15) is 36.5 Å². The number of aryl methyl sites for hydroxylation is 1. The van der Waals surface area contributed by atoms with Gasteiger partial charge in [0.2, 0.25) is 0 Å². The van der Waals surface area contributed by atoms with Crippen molar-refractivity contribution in [2.24, 2.45) is 5.90 Å². The summed E-state index contributed by atoms with van der Waals surface area (Å²) in [6.07, 6.45) is 0.834. The first-order chi connectivity index (χ1) is 7.60. The van der Waals surface area contributed by atoms with E-state index in [1.54, 1.807) is 7.11 Å². The second-order valence-electron chi connectivity index (χ2n) is 4.31. The third-order valence-corrected chi connectivity index (χ3v) is 2.70. The lowest BCUT2D eigenvalue weighted by Crippen LogP contribution is -2.05. The molecular weight excluding hydrogens is 202 g/mol. The fourth-order valence-corrected chi connectivity index (χ4v) is 1.91. The lowest BCUT2D eigenvalue weighted by atomic mass is 9.95. The molecule has 0 aliphatic carbocycles. The predicted molar refractivity (Wildman–Crippen MR) is 65.7 cm³/mol. The van der Waals surface area contributed by atoms with Gasteiger partial charge in [-0.2, -0.15) is 0 Å². The Kier molecular flexibility index (Phi) is 4.77. The normalized spacial score (nSPS) is 10.9. The van der Waals surface area contributed by atoms with Gasteiger partial charge in [0.25, 0.3) is 0 Å². The molecule has 1 rings (SSSR count). The van der Waals surface area contributed by atoms with Crippen LogP contribution in [0.4, 0.5) is 0 Å². The Morgan fingerprint density at radius 1 is 1.31 bits per heavy atom. The first-order valence-corrected chi connectivity index (χ1v) is 5.59. The van der Waals surface area contributed by atoms with Crippen LogP contribution in [-0.2, 0) is 11.3 Å². The Morgan fingerprint density at radius 3 is 2.50 bits per heavy atom. The van der Waals surface area contributed by atoms with Crippen molar-refractivity contribution in [2.45, 2.75) is 33.1 Å². The summed E-state index contributed by atoms with van der Waals surface area (Å²) >= 11 is 0. The molecule has 0 bridgehead atoms. The minimum absolute atomic E-state index is 0.451. The summed E-state index contributed by atoms with van der Waals surface area (Å²) in [5.41, 5.74) is 3.66. The van der Waals surface area contributed by atoms with Crippen molar-refractivity contribution in [3.63, 3.8) is 0 Å². The molecular formula is C13H21NO2. The summed E-state index contributed by atoms with van der Waals surface area (Å²) in [5, 5.41) is 0. The van der Waals surface area contributed by atoms with Gasteiger partial charge in [0.1, 0.15) is 5.75 Å². The van der Waals surface area contributed by atoms with Gasteiger partial charge in [-0.25, -0.2) is 5.90 Å². The zero-order valence-corrected chi connectivity index (χ0v) is 10.5.